The maximum absolute atomic E-state index is 11.3. The van der Waals surface area contributed by atoms with E-state index in [-0.39, 0.29) is 18.9 Å². The molecule has 0 radical (unpaired) electrons. The van der Waals surface area contributed by atoms with Crippen molar-refractivity contribution in [1.29, 1.82) is 0 Å². The molecule has 1 aliphatic heterocycles. The van der Waals surface area contributed by atoms with E-state index in [4.69, 9.17) is 0 Å². The third-order valence-corrected chi connectivity index (χ3v) is 3.34. The van der Waals surface area contributed by atoms with E-state index in [2.05, 4.69) is 15.4 Å². The molecule has 2 N–H and O–H groups in total. The van der Waals surface area contributed by atoms with Gasteiger partial charge < -0.3 is 15.4 Å². The van der Waals surface area contributed by atoms with Gasteiger partial charge in [-0.1, -0.05) is 0 Å². The second kappa shape index (κ2) is 5.67. The molecular formula is C9H14N2O5S. The molecule has 0 saturated heterocycles. The van der Waals surface area contributed by atoms with Gasteiger partial charge in [-0.15, -0.1) is 0 Å². The number of nitrogens with one attached hydrogen (secondary N) is 2. The topological polar surface area (TPSA) is 102 Å². The van der Waals surface area contributed by atoms with Crippen molar-refractivity contribution in [1.82, 2.24) is 10.6 Å². The molecule has 96 valence electrons. The summed E-state index contributed by atoms with van der Waals surface area (Å²) in [5.41, 5.74) is 0. The van der Waals surface area contributed by atoms with E-state index in [1.807, 2.05) is 0 Å². The maximum atomic E-state index is 11.3. The van der Waals surface area contributed by atoms with Crippen LogP contribution in [0.5, 0.6) is 0 Å². The Morgan fingerprint density at radius 1 is 1.47 bits per heavy atom. The first-order chi connectivity index (χ1) is 7.93. The zero-order valence-electron chi connectivity index (χ0n) is 9.30. The molecular weight excluding hydrogens is 248 g/mol. The van der Waals surface area contributed by atoms with E-state index in [0.29, 0.717) is 0 Å². The van der Waals surface area contributed by atoms with Crippen molar-refractivity contribution in [2.75, 3.05) is 18.9 Å². The maximum Gasteiger partial charge on any atom is 0.325 e. The van der Waals surface area contributed by atoms with E-state index in [9.17, 15) is 18.0 Å². The van der Waals surface area contributed by atoms with Gasteiger partial charge in [0.05, 0.1) is 18.4 Å². The standard InChI is InChI=1S/C9H14N2O5S/c1-2-16-8(12)5-10-9(13)11-7-3-4-17(14,15)6-7/h3-4,7H,2,5-6H2,1H3,(H2,10,11,13). The fourth-order valence-corrected chi connectivity index (χ4v) is 2.48. The first-order valence-corrected chi connectivity index (χ1v) is 6.75. The predicted molar refractivity (Wildman–Crippen MR) is 59.9 cm³/mol. The molecule has 1 atom stereocenters. The molecule has 1 heterocycles. The Bertz CT molecular complexity index is 429. The monoisotopic (exact) mass is 262 g/mol. The van der Waals surface area contributed by atoms with Crippen molar-refractivity contribution >= 4 is 21.8 Å². The first-order valence-electron chi connectivity index (χ1n) is 5.04. The molecule has 0 aromatic carbocycles. The Balaban J connectivity index is 2.27. The summed E-state index contributed by atoms with van der Waals surface area (Å²) in [6, 6.07) is -1.16. The highest BCUT2D eigenvalue weighted by molar-refractivity contribution is 7.94. The number of carbonyl (C=O) groups excluding carboxylic acids is 2. The quantitative estimate of drug-likeness (QED) is 0.643. The number of esters is 1. The van der Waals surface area contributed by atoms with Crippen LogP contribution in [0.4, 0.5) is 4.79 Å². The molecule has 1 rings (SSSR count). The van der Waals surface area contributed by atoms with Crippen LogP contribution in [0, 0.1) is 0 Å². The second-order valence-electron chi connectivity index (χ2n) is 3.40. The number of hydrogen-bond acceptors (Lipinski definition) is 5. The molecule has 2 amide bonds. The van der Waals surface area contributed by atoms with Crippen molar-refractivity contribution in [2.45, 2.75) is 13.0 Å². The Kier molecular flexibility index (Phi) is 4.50. The molecule has 0 saturated carbocycles. The third kappa shape index (κ3) is 4.85. The van der Waals surface area contributed by atoms with Gasteiger partial charge in [0.1, 0.15) is 6.54 Å². The molecule has 1 unspecified atom stereocenters. The van der Waals surface area contributed by atoms with Crippen LogP contribution in [0.3, 0.4) is 0 Å². The Labute approximate surface area is 99.1 Å². The van der Waals surface area contributed by atoms with Crippen molar-refractivity contribution in [3.05, 3.63) is 11.5 Å². The summed E-state index contributed by atoms with van der Waals surface area (Å²) in [5.74, 6) is -0.697. The highest BCUT2D eigenvalue weighted by Gasteiger charge is 2.22. The van der Waals surface area contributed by atoms with Crippen LogP contribution in [-0.2, 0) is 19.4 Å². The summed E-state index contributed by atoms with van der Waals surface area (Å²) in [4.78, 5) is 22.2. The van der Waals surface area contributed by atoms with Gasteiger partial charge in [0.15, 0.2) is 9.84 Å². The average molecular weight is 262 g/mol. The van der Waals surface area contributed by atoms with Crippen LogP contribution in [0.15, 0.2) is 11.5 Å². The fourth-order valence-electron chi connectivity index (χ4n) is 1.25. The lowest BCUT2D eigenvalue weighted by molar-refractivity contribution is -0.141. The summed E-state index contributed by atoms with van der Waals surface area (Å²) in [5, 5.41) is 5.74. The Morgan fingerprint density at radius 3 is 2.71 bits per heavy atom. The van der Waals surface area contributed by atoms with Crippen LogP contribution in [0.2, 0.25) is 0 Å². The summed E-state index contributed by atoms with van der Waals surface area (Å²) >= 11 is 0. The minimum atomic E-state index is -3.20. The summed E-state index contributed by atoms with van der Waals surface area (Å²) in [6.07, 6.45) is 1.39. The Morgan fingerprint density at radius 2 is 2.18 bits per heavy atom. The van der Waals surface area contributed by atoms with Gasteiger partial charge in [-0.3, -0.25) is 4.79 Å². The van der Waals surface area contributed by atoms with Gasteiger partial charge in [0.25, 0.3) is 0 Å². The molecule has 0 aliphatic carbocycles. The molecule has 1 aliphatic rings. The average Bonchev–Trinajstić information content (AvgIpc) is 2.55. The lowest BCUT2D eigenvalue weighted by Crippen LogP contribution is -2.44. The minimum Gasteiger partial charge on any atom is -0.465 e. The molecule has 0 fully saturated rings. The highest BCUT2D eigenvalue weighted by Crippen LogP contribution is 2.07. The fraction of sp³-hybridized carbons (Fsp3) is 0.556. The van der Waals surface area contributed by atoms with Crippen molar-refractivity contribution in [3.63, 3.8) is 0 Å². The van der Waals surface area contributed by atoms with E-state index in [0.717, 1.165) is 5.41 Å². The Hall–Kier alpha value is -1.57. The minimum absolute atomic E-state index is 0.153. The van der Waals surface area contributed by atoms with Crippen LogP contribution in [0.1, 0.15) is 6.92 Å². The normalized spacial score (nSPS) is 20.9. The van der Waals surface area contributed by atoms with Gasteiger partial charge in [-0.2, -0.15) is 0 Å². The molecule has 17 heavy (non-hydrogen) atoms. The molecule has 0 aromatic heterocycles. The number of hydrogen-bond donors (Lipinski definition) is 2. The third-order valence-electron chi connectivity index (χ3n) is 1.95. The summed E-state index contributed by atoms with van der Waals surface area (Å²) in [7, 11) is -3.20. The van der Waals surface area contributed by atoms with Gasteiger partial charge >= 0.3 is 12.0 Å². The van der Waals surface area contributed by atoms with Gasteiger partial charge in [-0.25, -0.2) is 13.2 Å². The number of amides is 2. The van der Waals surface area contributed by atoms with E-state index in [1.54, 1.807) is 6.92 Å². The van der Waals surface area contributed by atoms with Gasteiger partial charge in [0.2, 0.25) is 0 Å². The lowest BCUT2D eigenvalue weighted by atomic mass is 10.3. The largest absolute Gasteiger partial charge is 0.465 e. The van der Waals surface area contributed by atoms with Crippen LogP contribution in [-0.4, -0.2) is 45.4 Å². The van der Waals surface area contributed by atoms with Gasteiger partial charge in [0, 0.05) is 5.41 Å². The number of ether oxygens (including phenoxy) is 1. The second-order valence-corrected chi connectivity index (χ2v) is 5.33. The van der Waals surface area contributed by atoms with Crippen molar-refractivity contribution in [2.24, 2.45) is 0 Å². The van der Waals surface area contributed by atoms with Crippen molar-refractivity contribution < 1.29 is 22.7 Å². The van der Waals surface area contributed by atoms with E-state index >= 15 is 0 Å². The summed E-state index contributed by atoms with van der Waals surface area (Å²) in [6.45, 7) is 1.65. The van der Waals surface area contributed by atoms with Gasteiger partial charge in [-0.05, 0) is 13.0 Å². The first kappa shape index (κ1) is 13.5. The predicted octanol–water partition coefficient (Wildman–Crippen LogP) is -0.841. The SMILES string of the molecule is CCOC(=O)CNC(=O)NC1C=CS(=O)(=O)C1. The van der Waals surface area contributed by atoms with Crippen LogP contribution >= 0.6 is 0 Å². The van der Waals surface area contributed by atoms with Crippen LogP contribution < -0.4 is 10.6 Å². The zero-order chi connectivity index (χ0) is 12.9. The molecule has 0 bridgehead atoms. The number of carbonyl (C=O) groups is 2. The summed E-state index contributed by atoms with van der Waals surface area (Å²) < 4.78 is 26.7. The molecule has 0 aromatic rings. The lowest BCUT2D eigenvalue weighted by Gasteiger charge is -2.10. The number of urea groups is 1. The van der Waals surface area contributed by atoms with Crippen LogP contribution in [0.25, 0.3) is 0 Å². The van der Waals surface area contributed by atoms with Crippen molar-refractivity contribution in [3.8, 4) is 0 Å². The smallest absolute Gasteiger partial charge is 0.325 e. The molecule has 8 heteroatoms. The zero-order valence-corrected chi connectivity index (χ0v) is 10.1. The molecule has 7 nitrogen and oxygen atoms in total. The molecule has 0 spiro atoms. The number of rotatable bonds is 4. The number of sulfone groups is 1. The highest BCUT2D eigenvalue weighted by atomic mass is 32.2. The van der Waals surface area contributed by atoms with E-state index < -0.39 is 27.9 Å². The van der Waals surface area contributed by atoms with E-state index in [1.165, 1.54) is 6.08 Å².